The van der Waals surface area contributed by atoms with Crippen LogP contribution in [0.15, 0.2) is 36.5 Å². The summed E-state index contributed by atoms with van der Waals surface area (Å²) in [5.74, 6) is -0.467. The molecule has 6 heteroatoms. The molecule has 132 valence electrons. The van der Waals surface area contributed by atoms with Crippen LogP contribution >= 0.6 is 0 Å². The number of ether oxygens (including phenoxy) is 1. The van der Waals surface area contributed by atoms with E-state index in [1.165, 1.54) is 18.6 Å². The van der Waals surface area contributed by atoms with E-state index in [1.54, 1.807) is 24.4 Å². The number of nitrogens with zero attached hydrogens (tertiary/aromatic N) is 2. The standard InChI is InChI=1S/C19H22FN3O2/c1-2-25-19-15(7-6-10-21-19)18(24)22-16-13-14(20)8-9-17(16)23-11-4-3-5-12-23/h6-10,13H,2-5,11-12H2,1H3,(H,22,24). The zero-order valence-electron chi connectivity index (χ0n) is 14.3. The van der Waals surface area contributed by atoms with Crippen molar-refractivity contribution in [2.24, 2.45) is 0 Å². The molecule has 25 heavy (non-hydrogen) atoms. The summed E-state index contributed by atoms with van der Waals surface area (Å²) in [6, 6.07) is 7.83. The first kappa shape index (κ1) is 17.2. The number of hydrogen-bond donors (Lipinski definition) is 1. The maximum absolute atomic E-state index is 13.8. The Morgan fingerprint density at radius 3 is 2.84 bits per heavy atom. The van der Waals surface area contributed by atoms with Gasteiger partial charge in [-0.05, 0) is 56.5 Å². The number of benzene rings is 1. The number of rotatable bonds is 5. The van der Waals surface area contributed by atoms with Crippen LogP contribution in [0.25, 0.3) is 0 Å². The lowest BCUT2D eigenvalue weighted by atomic mass is 10.1. The van der Waals surface area contributed by atoms with Crippen LogP contribution in [0.2, 0.25) is 0 Å². The molecule has 1 saturated heterocycles. The second kappa shape index (κ2) is 7.96. The number of pyridine rings is 1. The maximum Gasteiger partial charge on any atom is 0.261 e. The minimum Gasteiger partial charge on any atom is -0.477 e. The quantitative estimate of drug-likeness (QED) is 0.896. The zero-order chi connectivity index (χ0) is 17.6. The largest absolute Gasteiger partial charge is 0.477 e. The molecule has 0 unspecified atom stereocenters. The second-order valence-corrected chi connectivity index (χ2v) is 5.95. The van der Waals surface area contributed by atoms with Crippen LogP contribution in [-0.4, -0.2) is 30.6 Å². The third kappa shape index (κ3) is 4.07. The van der Waals surface area contributed by atoms with Gasteiger partial charge < -0.3 is 15.0 Å². The first-order chi connectivity index (χ1) is 12.2. The number of carbonyl (C=O) groups excluding carboxylic acids is 1. The molecular weight excluding hydrogens is 321 g/mol. The summed E-state index contributed by atoms with van der Waals surface area (Å²) in [5.41, 5.74) is 1.65. The van der Waals surface area contributed by atoms with Gasteiger partial charge in [0.25, 0.3) is 5.91 Å². The second-order valence-electron chi connectivity index (χ2n) is 5.95. The van der Waals surface area contributed by atoms with Crippen LogP contribution in [0.1, 0.15) is 36.5 Å². The van der Waals surface area contributed by atoms with E-state index in [0.717, 1.165) is 31.6 Å². The Morgan fingerprint density at radius 1 is 1.28 bits per heavy atom. The molecule has 0 radical (unpaired) electrons. The first-order valence-corrected chi connectivity index (χ1v) is 8.62. The number of halogens is 1. The van der Waals surface area contributed by atoms with Crippen molar-refractivity contribution < 1.29 is 13.9 Å². The summed E-state index contributed by atoms with van der Waals surface area (Å²) in [4.78, 5) is 19.0. The number of aromatic nitrogens is 1. The van der Waals surface area contributed by atoms with Crippen molar-refractivity contribution in [3.63, 3.8) is 0 Å². The number of nitrogens with one attached hydrogen (secondary N) is 1. The smallest absolute Gasteiger partial charge is 0.261 e. The molecule has 1 aliphatic heterocycles. The van der Waals surface area contributed by atoms with E-state index >= 15 is 0 Å². The van der Waals surface area contributed by atoms with Crippen molar-refractivity contribution >= 4 is 17.3 Å². The molecule has 1 aromatic carbocycles. The van der Waals surface area contributed by atoms with Crippen LogP contribution in [0, 0.1) is 5.82 Å². The van der Waals surface area contributed by atoms with Crippen LogP contribution in [-0.2, 0) is 0 Å². The number of hydrogen-bond acceptors (Lipinski definition) is 4. The third-order valence-corrected chi connectivity index (χ3v) is 4.20. The first-order valence-electron chi connectivity index (χ1n) is 8.62. The average molecular weight is 343 g/mol. The molecule has 1 N–H and O–H groups in total. The van der Waals surface area contributed by atoms with Crippen LogP contribution in [0.5, 0.6) is 5.88 Å². The molecule has 3 rings (SSSR count). The van der Waals surface area contributed by atoms with E-state index in [2.05, 4.69) is 15.2 Å². The molecule has 2 heterocycles. The van der Waals surface area contributed by atoms with E-state index in [-0.39, 0.29) is 17.6 Å². The Labute approximate surface area is 146 Å². The predicted molar refractivity (Wildman–Crippen MR) is 95.8 cm³/mol. The molecule has 1 aliphatic rings. The third-order valence-electron chi connectivity index (χ3n) is 4.20. The van der Waals surface area contributed by atoms with Crippen molar-refractivity contribution in [3.05, 3.63) is 47.9 Å². The molecule has 1 fully saturated rings. The van der Waals surface area contributed by atoms with Crippen molar-refractivity contribution in [1.82, 2.24) is 4.98 Å². The summed E-state index contributed by atoms with van der Waals surface area (Å²) in [6.45, 7) is 4.06. The minimum atomic E-state index is -0.382. The number of piperidine rings is 1. The number of carbonyl (C=O) groups is 1. The SMILES string of the molecule is CCOc1ncccc1C(=O)Nc1cc(F)ccc1N1CCCCC1. The summed E-state index contributed by atoms with van der Waals surface area (Å²) in [7, 11) is 0. The summed E-state index contributed by atoms with van der Waals surface area (Å²) >= 11 is 0. The Hall–Kier alpha value is -2.63. The molecule has 0 bridgehead atoms. The van der Waals surface area contributed by atoms with Gasteiger partial charge in [-0.25, -0.2) is 9.37 Å². The Kier molecular flexibility index (Phi) is 5.48. The fraction of sp³-hybridized carbons (Fsp3) is 0.368. The van der Waals surface area contributed by atoms with Gasteiger partial charge in [0.05, 0.1) is 18.0 Å². The van der Waals surface area contributed by atoms with Crippen LogP contribution in [0.4, 0.5) is 15.8 Å². The lowest BCUT2D eigenvalue weighted by molar-refractivity contribution is 0.102. The van der Waals surface area contributed by atoms with Crippen LogP contribution in [0.3, 0.4) is 0 Å². The molecule has 1 amide bonds. The summed E-state index contributed by atoms with van der Waals surface area (Å²) < 4.78 is 19.2. The van der Waals surface area contributed by atoms with E-state index in [4.69, 9.17) is 4.74 Å². The molecular formula is C19H22FN3O2. The topological polar surface area (TPSA) is 54.5 Å². The zero-order valence-corrected chi connectivity index (χ0v) is 14.3. The van der Waals surface area contributed by atoms with Gasteiger partial charge >= 0.3 is 0 Å². The van der Waals surface area contributed by atoms with Gasteiger partial charge in [-0.2, -0.15) is 0 Å². The highest BCUT2D eigenvalue weighted by Gasteiger charge is 2.19. The molecule has 1 aromatic heterocycles. The number of amides is 1. The normalized spacial score (nSPS) is 14.2. The number of anilines is 2. The van der Waals surface area contributed by atoms with Crippen molar-refractivity contribution in [2.45, 2.75) is 26.2 Å². The Balaban J connectivity index is 1.87. The highest BCUT2D eigenvalue weighted by Crippen LogP contribution is 2.30. The molecule has 0 atom stereocenters. The monoisotopic (exact) mass is 343 g/mol. The molecule has 0 spiro atoms. The highest BCUT2D eigenvalue weighted by atomic mass is 19.1. The van der Waals surface area contributed by atoms with E-state index in [1.807, 2.05) is 6.92 Å². The fourth-order valence-corrected chi connectivity index (χ4v) is 3.02. The highest BCUT2D eigenvalue weighted by molar-refractivity contribution is 6.07. The van der Waals surface area contributed by atoms with E-state index < -0.39 is 0 Å². The molecule has 0 aliphatic carbocycles. The van der Waals surface area contributed by atoms with Gasteiger partial charge in [0.15, 0.2) is 0 Å². The molecule has 5 nitrogen and oxygen atoms in total. The van der Waals surface area contributed by atoms with Gasteiger partial charge in [0.1, 0.15) is 11.4 Å². The van der Waals surface area contributed by atoms with Crippen LogP contribution < -0.4 is 15.0 Å². The van der Waals surface area contributed by atoms with Crippen molar-refractivity contribution in [2.75, 3.05) is 29.9 Å². The lowest BCUT2D eigenvalue weighted by Crippen LogP contribution is -2.30. The van der Waals surface area contributed by atoms with E-state index in [9.17, 15) is 9.18 Å². The Bertz CT molecular complexity index is 745. The van der Waals surface area contributed by atoms with Gasteiger partial charge in [-0.1, -0.05) is 0 Å². The average Bonchev–Trinajstić information content (AvgIpc) is 2.63. The molecule has 0 saturated carbocycles. The fourth-order valence-electron chi connectivity index (χ4n) is 3.02. The summed E-state index contributed by atoms with van der Waals surface area (Å²) in [6.07, 6.45) is 4.97. The maximum atomic E-state index is 13.8. The van der Waals surface area contributed by atoms with Crippen molar-refractivity contribution in [1.29, 1.82) is 0 Å². The van der Waals surface area contributed by atoms with Gasteiger partial charge in [-0.3, -0.25) is 4.79 Å². The van der Waals surface area contributed by atoms with E-state index in [0.29, 0.717) is 17.9 Å². The Morgan fingerprint density at radius 2 is 2.08 bits per heavy atom. The summed E-state index contributed by atoms with van der Waals surface area (Å²) in [5, 5.41) is 2.82. The van der Waals surface area contributed by atoms with Gasteiger partial charge in [0, 0.05) is 19.3 Å². The molecule has 2 aromatic rings. The van der Waals surface area contributed by atoms with Crippen molar-refractivity contribution in [3.8, 4) is 5.88 Å². The minimum absolute atomic E-state index is 0.276. The predicted octanol–water partition coefficient (Wildman–Crippen LogP) is 3.86. The van der Waals surface area contributed by atoms with Gasteiger partial charge in [0.2, 0.25) is 5.88 Å². The lowest BCUT2D eigenvalue weighted by Gasteiger charge is -2.30. The van der Waals surface area contributed by atoms with Gasteiger partial charge in [-0.15, -0.1) is 0 Å².